The van der Waals surface area contributed by atoms with Gasteiger partial charge in [-0.15, -0.1) is 0 Å². The summed E-state index contributed by atoms with van der Waals surface area (Å²) in [4.78, 5) is 49.8. The molecule has 0 aliphatic carbocycles. The van der Waals surface area contributed by atoms with Gasteiger partial charge in [0.25, 0.3) is 5.91 Å². The lowest BCUT2D eigenvalue weighted by Gasteiger charge is -2.20. The third-order valence-corrected chi connectivity index (χ3v) is 3.12. The van der Waals surface area contributed by atoms with Gasteiger partial charge in [-0.1, -0.05) is 18.7 Å². The molecule has 0 unspecified atom stereocenters. The van der Waals surface area contributed by atoms with Crippen molar-refractivity contribution in [1.82, 2.24) is 15.1 Å². The lowest BCUT2D eigenvalue weighted by atomic mass is 10.1. The molecule has 0 aromatic heterocycles. The molecule has 0 fully saturated rings. The molecule has 8 nitrogen and oxygen atoms in total. The molecular formula is C18H27N3O5. The van der Waals surface area contributed by atoms with Gasteiger partial charge < -0.3 is 19.9 Å². The summed E-state index contributed by atoms with van der Waals surface area (Å²) < 4.78 is 5.17. The average molecular weight is 365 g/mol. The van der Waals surface area contributed by atoms with Gasteiger partial charge in [0, 0.05) is 35.1 Å². The molecule has 0 saturated carbocycles. The first-order valence-electron chi connectivity index (χ1n) is 8.00. The van der Waals surface area contributed by atoms with E-state index in [2.05, 4.69) is 11.9 Å². The summed E-state index contributed by atoms with van der Waals surface area (Å²) in [5.74, 6) is -1.17. The van der Waals surface area contributed by atoms with Crippen LogP contribution in [-0.2, 0) is 19.1 Å². The van der Waals surface area contributed by atoms with Gasteiger partial charge in [-0.3, -0.25) is 14.4 Å². The monoisotopic (exact) mass is 365 g/mol. The minimum atomic E-state index is -1.11. The van der Waals surface area contributed by atoms with E-state index in [-0.39, 0.29) is 23.8 Å². The summed E-state index contributed by atoms with van der Waals surface area (Å²) >= 11 is 0. The fraction of sp³-hybridized carbons (Fsp3) is 0.444. The number of carbonyl (C=O) groups excluding carboxylic acids is 4. The van der Waals surface area contributed by atoms with Crippen LogP contribution in [0.4, 0.5) is 4.79 Å². The zero-order valence-corrected chi connectivity index (χ0v) is 15.9. The van der Waals surface area contributed by atoms with E-state index in [0.717, 1.165) is 0 Å². The van der Waals surface area contributed by atoms with Gasteiger partial charge in [-0.05, 0) is 25.0 Å². The van der Waals surface area contributed by atoms with Crippen LogP contribution in [0.2, 0.25) is 0 Å². The number of ketones is 1. The Morgan fingerprint density at radius 2 is 1.73 bits per heavy atom. The molecule has 8 heteroatoms. The van der Waals surface area contributed by atoms with Crippen LogP contribution in [0.5, 0.6) is 0 Å². The second kappa shape index (κ2) is 11.6. The fourth-order valence-corrected chi connectivity index (χ4v) is 1.63. The van der Waals surface area contributed by atoms with Crippen LogP contribution >= 0.6 is 0 Å². The van der Waals surface area contributed by atoms with Gasteiger partial charge in [0.2, 0.25) is 5.91 Å². The summed E-state index contributed by atoms with van der Waals surface area (Å²) in [6.07, 6.45) is 4.39. The molecule has 0 aliphatic rings. The number of carbonyl (C=O) groups is 4. The zero-order chi connectivity index (χ0) is 20.3. The van der Waals surface area contributed by atoms with Crippen LogP contribution in [0.15, 0.2) is 36.6 Å². The Kier molecular flexibility index (Phi) is 10.3. The van der Waals surface area contributed by atoms with E-state index in [4.69, 9.17) is 4.74 Å². The van der Waals surface area contributed by atoms with Crippen molar-refractivity contribution in [2.24, 2.45) is 0 Å². The quantitative estimate of drug-likeness (QED) is 0.490. The van der Waals surface area contributed by atoms with Crippen molar-refractivity contribution in [3.8, 4) is 0 Å². The minimum Gasteiger partial charge on any atom is -0.436 e. The molecule has 144 valence electrons. The van der Waals surface area contributed by atoms with E-state index in [1.54, 1.807) is 20.2 Å². The predicted octanol–water partition coefficient (Wildman–Crippen LogP) is 1.25. The molecule has 0 bridgehead atoms. The normalized spacial score (nSPS) is 12.3. The van der Waals surface area contributed by atoms with Crippen LogP contribution in [0.3, 0.4) is 0 Å². The van der Waals surface area contributed by atoms with E-state index in [0.29, 0.717) is 6.42 Å². The third kappa shape index (κ3) is 8.81. The number of amides is 3. The van der Waals surface area contributed by atoms with E-state index < -0.39 is 18.1 Å². The molecule has 0 saturated heterocycles. The van der Waals surface area contributed by atoms with Gasteiger partial charge >= 0.3 is 6.09 Å². The highest BCUT2D eigenvalue weighted by Gasteiger charge is 2.24. The second-order valence-corrected chi connectivity index (χ2v) is 5.84. The molecule has 0 radical (unpaired) electrons. The highest BCUT2D eigenvalue weighted by molar-refractivity contribution is 5.98. The van der Waals surface area contributed by atoms with Gasteiger partial charge in [0.05, 0.1) is 5.70 Å². The maximum Gasteiger partial charge on any atom is 0.410 e. The van der Waals surface area contributed by atoms with Crippen molar-refractivity contribution in [2.45, 2.75) is 25.9 Å². The average Bonchev–Trinajstić information content (AvgIpc) is 2.56. The van der Waals surface area contributed by atoms with Crippen molar-refractivity contribution in [3.05, 3.63) is 36.6 Å². The van der Waals surface area contributed by atoms with Gasteiger partial charge in [-0.2, -0.15) is 0 Å². The molecule has 0 aliphatic heterocycles. The fourth-order valence-electron chi connectivity index (χ4n) is 1.63. The number of nitrogens with one attached hydrogen (secondary N) is 1. The molecule has 26 heavy (non-hydrogen) atoms. The van der Waals surface area contributed by atoms with Crippen molar-refractivity contribution in [2.75, 3.05) is 28.2 Å². The first-order valence-corrected chi connectivity index (χ1v) is 8.00. The van der Waals surface area contributed by atoms with E-state index in [1.165, 1.54) is 49.0 Å². The maximum absolute atomic E-state index is 12.4. The highest BCUT2D eigenvalue weighted by Crippen LogP contribution is 2.08. The van der Waals surface area contributed by atoms with Crippen LogP contribution in [0.25, 0.3) is 0 Å². The summed E-state index contributed by atoms with van der Waals surface area (Å²) in [6, 6.07) is 0. The Morgan fingerprint density at radius 3 is 2.19 bits per heavy atom. The predicted molar refractivity (Wildman–Crippen MR) is 98.1 cm³/mol. The van der Waals surface area contributed by atoms with Gasteiger partial charge in [0.15, 0.2) is 11.9 Å². The molecule has 0 heterocycles. The standard InChI is InChI=1S/C18H27N3O5/c1-7-10-14(13(2)22)19-17(24)15(26-18(25)21(5)6)11-8-9-12-16(23)20(3)4/h7,9-10,12,15H,1,8,11H2,2-6H3,(H,19,24)/b12-9+,14-10+/t15-/m0/s1. The molecule has 0 aromatic rings. The number of hydrogen-bond donors (Lipinski definition) is 1. The highest BCUT2D eigenvalue weighted by atomic mass is 16.6. The van der Waals surface area contributed by atoms with Crippen LogP contribution in [-0.4, -0.2) is 67.8 Å². The molecule has 1 N–H and O–H groups in total. The Hall–Kier alpha value is -2.90. The smallest absolute Gasteiger partial charge is 0.410 e. The van der Waals surface area contributed by atoms with Gasteiger partial charge in [-0.25, -0.2) is 4.79 Å². The van der Waals surface area contributed by atoms with Crippen molar-refractivity contribution < 1.29 is 23.9 Å². The number of nitrogens with zero attached hydrogens (tertiary/aromatic N) is 2. The largest absolute Gasteiger partial charge is 0.436 e. The van der Waals surface area contributed by atoms with E-state index in [9.17, 15) is 19.2 Å². The lowest BCUT2D eigenvalue weighted by molar-refractivity contribution is -0.130. The van der Waals surface area contributed by atoms with Gasteiger partial charge in [0.1, 0.15) is 0 Å². The SMILES string of the molecule is C=C/C=C(/NC(=O)[C@H](CC/C=C/C(=O)N(C)C)OC(=O)N(C)C)C(C)=O. The second-order valence-electron chi connectivity index (χ2n) is 5.84. The third-order valence-electron chi connectivity index (χ3n) is 3.12. The van der Waals surface area contributed by atoms with Crippen molar-refractivity contribution >= 4 is 23.7 Å². The number of likely N-dealkylation sites (N-methyl/N-ethyl adjacent to an activating group) is 1. The summed E-state index contributed by atoms with van der Waals surface area (Å²) in [7, 11) is 6.23. The number of hydrogen-bond acceptors (Lipinski definition) is 5. The molecular weight excluding hydrogens is 338 g/mol. The van der Waals surface area contributed by atoms with Crippen LogP contribution in [0, 0.1) is 0 Å². The van der Waals surface area contributed by atoms with E-state index in [1.807, 2.05) is 0 Å². The number of ether oxygens (including phenoxy) is 1. The lowest BCUT2D eigenvalue weighted by Crippen LogP contribution is -2.40. The maximum atomic E-state index is 12.4. The molecule has 3 amide bonds. The Morgan fingerprint density at radius 1 is 1.12 bits per heavy atom. The summed E-state index contributed by atoms with van der Waals surface area (Å²) in [5, 5.41) is 2.44. The molecule has 0 rings (SSSR count). The van der Waals surface area contributed by atoms with Crippen LogP contribution in [0.1, 0.15) is 19.8 Å². The van der Waals surface area contributed by atoms with Crippen LogP contribution < -0.4 is 5.32 Å². The minimum absolute atomic E-state index is 0.0502. The first-order chi connectivity index (χ1) is 12.1. The summed E-state index contributed by atoms with van der Waals surface area (Å²) in [6.45, 7) is 4.78. The Bertz CT molecular complexity index is 606. The zero-order valence-electron chi connectivity index (χ0n) is 15.9. The van der Waals surface area contributed by atoms with E-state index >= 15 is 0 Å². The Balaban J connectivity index is 5.09. The van der Waals surface area contributed by atoms with Crippen molar-refractivity contribution in [3.63, 3.8) is 0 Å². The molecule has 1 atom stereocenters. The topological polar surface area (TPSA) is 96.0 Å². The number of Topliss-reactive ketones (excluding diaryl/α,β-unsaturated/α-hetero) is 1. The summed E-state index contributed by atoms with van der Waals surface area (Å²) in [5.41, 5.74) is 0.0502. The molecule has 0 aromatic carbocycles. The van der Waals surface area contributed by atoms with Crippen molar-refractivity contribution in [1.29, 1.82) is 0 Å². The Labute approximate surface area is 154 Å². The molecule has 0 spiro atoms. The first kappa shape index (κ1) is 23.1. The number of allylic oxidation sites excluding steroid dienone is 4. The number of rotatable bonds is 9.